The smallest absolute Gasteiger partial charge is 0.217 e. The SMILES string of the molecule is Clc1cc(OCC2CCOC2)ncn1. The quantitative estimate of drug-likeness (QED) is 0.716. The number of hydrogen-bond donors (Lipinski definition) is 0. The van der Waals surface area contributed by atoms with Gasteiger partial charge in [-0.05, 0) is 6.42 Å². The summed E-state index contributed by atoms with van der Waals surface area (Å²) in [6.07, 6.45) is 2.45. The maximum atomic E-state index is 5.68. The molecule has 0 bridgehead atoms. The molecule has 1 saturated heterocycles. The Morgan fingerprint density at radius 2 is 2.50 bits per heavy atom. The van der Waals surface area contributed by atoms with Crippen molar-refractivity contribution in [1.29, 1.82) is 0 Å². The predicted octanol–water partition coefficient (Wildman–Crippen LogP) is 1.55. The van der Waals surface area contributed by atoms with Crippen molar-refractivity contribution < 1.29 is 9.47 Å². The molecule has 2 rings (SSSR count). The maximum Gasteiger partial charge on any atom is 0.217 e. The molecule has 1 fully saturated rings. The van der Waals surface area contributed by atoms with Crippen LogP contribution in [-0.2, 0) is 4.74 Å². The van der Waals surface area contributed by atoms with Crippen molar-refractivity contribution in [2.45, 2.75) is 6.42 Å². The summed E-state index contributed by atoms with van der Waals surface area (Å²) in [5.74, 6) is 1.00. The molecule has 14 heavy (non-hydrogen) atoms. The predicted molar refractivity (Wildman–Crippen MR) is 51.5 cm³/mol. The van der Waals surface area contributed by atoms with Crippen LogP contribution in [0.15, 0.2) is 12.4 Å². The number of halogens is 1. The Labute approximate surface area is 87.2 Å². The fourth-order valence-corrected chi connectivity index (χ4v) is 1.45. The summed E-state index contributed by atoms with van der Waals surface area (Å²) in [7, 11) is 0. The zero-order chi connectivity index (χ0) is 9.80. The van der Waals surface area contributed by atoms with Gasteiger partial charge < -0.3 is 9.47 Å². The van der Waals surface area contributed by atoms with Gasteiger partial charge in [0.1, 0.15) is 11.5 Å². The maximum absolute atomic E-state index is 5.68. The van der Waals surface area contributed by atoms with Gasteiger partial charge in [0.25, 0.3) is 0 Å². The van der Waals surface area contributed by atoms with E-state index in [-0.39, 0.29) is 0 Å². The molecule has 0 N–H and O–H groups in total. The third-order valence-corrected chi connectivity index (χ3v) is 2.31. The lowest BCUT2D eigenvalue weighted by Gasteiger charge is -2.08. The van der Waals surface area contributed by atoms with Crippen LogP contribution in [0.1, 0.15) is 6.42 Å². The fraction of sp³-hybridized carbons (Fsp3) is 0.556. The highest BCUT2D eigenvalue weighted by molar-refractivity contribution is 6.29. The van der Waals surface area contributed by atoms with Crippen LogP contribution in [0, 0.1) is 5.92 Å². The number of rotatable bonds is 3. The Balaban J connectivity index is 1.85. The summed E-state index contributed by atoms with van der Waals surface area (Å²) >= 11 is 5.68. The van der Waals surface area contributed by atoms with Gasteiger partial charge in [-0.3, -0.25) is 0 Å². The molecule has 1 atom stereocenters. The second kappa shape index (κ2) is 4.57. The van der Waals surface area contributed by atoms with Gasteiger partial charge in [0.15, 0.2) is 0 Å². The summed E-state index contributed by atoms with van der Waals surface area (Å²) in [5, 5.41) is 0.401. The molecule has 76 valence electrons. The highest BCUT2D eigenvalue weighted by Gasteiger charge is 2.16. The number of aromatic nitrogens is 2. The number of hydrogen-bond acceptors (Lipinski definition) is 4. The zero-order valence-electron chi connectivity index (χ0n) is 7.65. The second-order valence-electron chi connectivity index (χ2n) is 3.22. The van der Waals surface area contributed by atoms with Gasteiger partial charge in [0.2, 0.25) is 5.88 Å². The van der Waals surface area contributed by atoms with Gasteiger partial charge in [0.05, 0.1) is 13.2 Å². The van der Waals surface area contributed by atoms with E-state index >= 15 is 0 Å². The van der Waals surface area contributed by atoms with Crippen LogP contribution in [0.2, 0.25) is 5.15 Å². The molecule has 2 heterocycles. The Bertz CT molecular complexity index is 303. The third-order valence-electron chi connectivity index (χ3n) is 2.10. The first-order valence-corrected chi connectivity index (χ1v) is 4.90. The minimum atomic E-state index is 0.401. The molecule has 1 aliphatic rings. The summed E-state index contributed by atoms with van der Waals surface area (Å²) < 4.78 is 10.7. The third kappa shape index (κ3) is 2.56. The van der Waals surface area contributed by atoms with E-state index in [2.05, 4.69) is 9.97 Å². The van der Waals surface area contributed by atoms with Gasteiger partial charge in [-0.25, -0.2) is 9.97 Å². The molecule has 0 aromatic carbocycles. The van der Waals surface area contributed by atoms with Crippen molar-refractivity contribution in [2.24, 2.45) is 5.92 Å². The van der Waals surface area contributed by atoms with Crippen molar-refractivity contribution >= 4 is 11.6 Å². The van der Waals surface area contributed by atoms with Crippen molar-refractivity contribution in [1.82, 2.24) is 9.97 Å². The van der Waals surface area contributed by atoms with Crippen molar-refractivity contribution in [3.8, 4) is 5.88 Å². The fourth-order valence-electron chi connectivity index (χ4n) is 1.31. The molecule has 0 amide bonds. The van der Waals surface area contributed by atoms with Gasteiger partial charge in [-0.1, -0.05) is 11.6 Å². The molecule has 5 heteroatoms. The minimum Gasteiger partial charge on any atom is -0.477 e. The minimum absolute atomic E-state index is 0.401. The van der Waals surface area contributed by atoms with Crippen molar-refractivity contribution in [3.05, 3.63) is 17.5 Å². The van der Waals surface area contributed by atoms with E-state index in [1.54, 1.807) is 6.07 Å². The molecule has 0 saturated carbocycles. The van der Waals surface area contributed by atoms with Crippen molar-refractivity contribution in [3.63, 3.8) is 0 Å². The lowest BCUT2D eigenvalue weighted by atomic mass is 10.1. The first-order chi connectivity index (χ1) is 6.84. The Kier molecular flexibility index (Phi) is 3.16. The summed E-state index contributed by atoms with van der Waals surface area (Å²) in [6.45, 7) is 2.24. The van der Waals surface area contributed by atoms with Crippen LogP contribution < -0.4 is 4.74 Å². The monoisotopic (exact) mass is 214 g/mol. The average molecular weight is 215 g/mol. The first-order valence-electron chi connectivity index (χ1n) is 4.52. The zero-order valence-corrected chi connectivity index (χ0v) is 8.41. The highest BCUT2D eigenvalue weighted by atomic mass is 35.5. The first kappa shape index (κ1) is 9.68. The van der Waals surface area contributed by atoms with Crippen LogP contribution >= 0.6 is 11.6 Å². The number of ether oxygens (including phenoxy) is 2. The molecule has 1 aliphatic heterocycles. The van der Waals surface area contributed by atoms with E-state index in [1.165, 1.54) is 6.33 Å². The Hall–Kier alpha value is -0.870. The second-order valence-corrected chi connectivity index (χ2v) is 3.61. The molecular weight excluding hydrogens is 204 g/mol. The van der Waals surface area contributed by atoms with E-state index in [9.17, 15) is 0 Å². The molecular formula is C9H11ClN2O2. The molecule has 1 unspecified atom stereocenters. The van der Waals surface area contributed by atoms with E-state index < -0.39 is 0 Å². The van der Waals surface area contributed by atoms with Gasteiger partial charge in [0, 0.05) is 18.6 Å². The van der Waals surface area contributed by atoms with Gasteiger partial charge in [-0.2, -0.15) is 0 Å². The summed E-state index contributed by atoms with van der Waals surface area (Å²) in [5.41, 5.74) is 0. The van der Waals surface area contributed by atoms with E-state index in [0.717, 1.165) is 19.6 Å². The molecule has 4 nitrogen and oxygen atoms in total. The van der Waals surface area contributed by atoms with Crippen LogP contribution in [0.4, 0.5) is 0 Å². The molecule has 1 aromatic rings. The average Bonchev–Trinajstić information content (AvgIpc) is 2.67. The summed E-state index contributed by atoms with van der Waals surface area (Å²) in [4.78, 5) is 7.71. The van der Waals surface area contributed by atoms with E-state index in [1.807, 2.05) is 0 Å². The Morgan fingerprint density at radius 1 is 1.57 bits per heavy atom. The van der Waals surface area contributed by atoms with Crippen LogP contribution in [0.3, 0.4) is 0 Å². The molecule has 0 radical (unpaired) electrons. The molecule has 0 spiro atoms. The number of nitrogens with zero attached hydrogens (tertiary/aromatic N) is 2. The van der Waals surface area contributed by atoms with Crippen molar-refractivity contribution in [2.75, 3.05) is 19.8 Å². The summed E-state index contributed by atoms with van der Waals surface area (Å²) in [6, 6.07) is 1.61. The standard InChI is InChI=1S/C9H11ClN2O2/c10-8-3-9(12-6-11-8)14-5-7-1-2-13-4-7/h3,6-7H,1-2,4-5H2. The largest absolute Gasteiger partial charge is 0.477 e. The Morgan fingerprint density at radius 3 is 3.21 bits per heavy atom. The molecule has 1 aromatic heterocycles. The van der Waals surface area contributed by atoms with Gasteiger partial charge in [-0.15, -0.1) is 0 Å². The van der Waals surface area contributed by atoms with E-state index in [0.29, 0.717) is 23.6 Å². The van der Waals surface area contributed by atoms with Crippen LogP contribution in [0.25, 0.3) is 0 Å². The normalized spacial score (nSPS) is 21.1. The van der Waals surface area contributed by atoms with E-state index in [4.69, 9.17) is 21.1 Å². The molecule has 0 aliphatic carbocycles. The van der Waals surface area contributed by atoms with Crippen LogP contribution in [0.5, 0.6) is 5.88 Å². The van der Waals surface area contributed by atoms with Gasteiger partial charge >= 0.3 is 0 Å². The van der Waals surface area contributed by atoms with Crippen LogP contribution in [-0.4, -0.2) is 29.8 Å². The lowest BCUT2D eigenvalue weighted by molar-refractivity contribution is 0.165. The highest BCUT2D eigenvalue weighted by Crippen LogP contribution is 2.16. The topological polar surface area (TPSA) is 44.2 Å². The lowest BCUT2D eigenvalue weighted by Crippen LogP contribution is -2.12.